The van der Waals surface area contributed by atoms with E-state index in [-0.39, 0.29) is 3.82 Å². The van der Waals surface area contributed by atoms with Crippen LogP contribution in [-0.4, -0.2) is 26.7 Å². The molecule has 0 saturated heterocycles. The fourth-order valence-corrected chi connectivity index (χ4v) is 5.06. The van der Waals surface area contributed by atoms with E-state index in [0.717, 1.165) is 24.3 Å². The summed E-state index contributed by atoms with van der Waals surface area (Å²) in [6, 6.07) is 11.5. The van der Waals surface area contributed by atoms with E-state index >= 15 is 0 Å². The minimum atomic E-state index is -4.70. The minimum absolute atomic E-state index is 0.269. The highest BCUT2D eigenvalue weighted by atomic mass is 32.3. The number of nitrogens with zero attached hydrogens (tertiary/aromatic N) is 2. The highest BCUT2D eigenvalue weighted by Crippen LogP contribution is 2.22. The topological polar surface area (TPSA) is 130 Å². The van der Waals surface area contributed by atoms with Gasteiger partial charge in [0.05, 0.1) is 9.79 Å². The highest BCUT2D eigenvalue weighted by molar-refractivity contribution is 8.04. The Morgan fingerprint density at radius 1 is 0.792 bits per heavy atom. The molecule has 0 fully saturated rings. The molecule has 0 radical (unpaired) electrons. The summed E-state index contributed by atoms with van der Waals surface area (Å²) in [5, 5.41) is 1.97. The molecule has 2 aromatic carbocycles. The summed E-state index contributed by atoms with van der Waals surface area (Å²) in [5.74, 6) is 0. The number of hydrogen-bond donors (Lipinski definition) is 1. The smallest absolute Gasteiger partial charge is 0.241 e. The van der Waals surface area contributed by atoms with Gasteiger partial charge in [-0.2, -0.15) is 0 Å². The maximum Gasteiger partial charge on any atom is 0.394 e. The Kier molecular flexibility index (Phi) is 5.07. The molecule has 2 rings (SSSR count). The summed E-state index contributed by atoms with van der Waals surface area (Å²) >= 11 is 0. The van der Waals surface area contributed by atoms with Gasteiger partial charge in [-0.25, -0.2) is 27.1 Å². The van der Waals surface area contributed by atoms with E-state index in [0.29, 0.717) is 0 Å². The lowest BCUT2D eigenvalue weighted by Crippen LogP contribution is -2.48. The molecule has 0 spiro atoms. The zero-order valence-electron chi connectivity index (χ0n) is 11.9. The van der Waals surface area contributed by atoms with Gasteiger partial charge in [-0.15, -0.1) is 4.91 Å². The number of sulfonamides is 2. The number of hydrogen-bond acceptors (Lipinski definition) is 6. The van der Waals surface area contributed by atoms with Crippen LogP contribution in [0.3, 0.4) is 0 Å². The van der Waals surface area contributed by atoms with Crippen LogP contribution in [0.25, 0.3) is 0 Å². The quantitative estimate of drug-likeness (QED) is 0.627. The van der Waals surface area contributed by atoms with Gasteiger partial charge in [0.2, 0.25) is 0 Å². The Bertz CT molecular complexity index is 874. The lowest BCUT2D eigenvalue weighted by atomic mass is 10.4. The van der Waals surface area contributed by atoms with Crippen molar-refractivity contribution in [3.05, 3.63) is 65.6 Å². The standard InChI is InChI=1S/C13H11N3O6S2/c17-13(15-18)14-16(23(19,20)11-7-3-1-4-8-11)24(21,22)12-9-5-2-6-10-12/h1-10H,(H,14,17). The predicted octanol–water partition coefficient (Wildman–Crippen LogP) is 1.46. The first-order valence-corrected chi connectivity index (χ1v) is 9.23. The van der Waals surface area contributed by atoms with Crippen LogP contribution in [0.5, 0.6) is 0 Å². The Balaban J connectivity index is 2.62. The van der Waals surface area contributed by atoms with Gasteiger partial charge in [-0.3, -0.25) is 0 Å². The fourth-order valence-electron chi connectivity index (χ4n) is 1.72. The molecule has 1 N–H and O–H groups in total. The van der Waals surface area contributed by atoms with Gasteiger partial charge in [-0.1, -0.05) is 36.4 Å². The van der Waals surface area contributed by atoms with Crippen molar-refractivity contribution in [3.63, 3.8) is 0 Å². The van der Waals surface area contributed by atoms with Gasteiger partial charge in [0.1, 0.15) is 0 Å². The average Bonchev–Trinajstić information content (AvgIpc) is 2.60. The average molecular weight is 369 g/mol. The molecule has 11 heteroatoms. The number of amides is 2. The Morgan fingerprint density at radius 3 is 1.50 bits per heavy atom. The number of rotatable bonds is 5. The fraction of sp³-hybridized carbons (Fsp3) is 0. The summed E-state index contributed by atoms with van der Waals surface area (Å²) in [6.07, 6.45) is 0. The highest BCUT2D eigenvalue weighted by Gasteiger charge is 2.38. The van der Waals surface area contributed by atoms with Crippen molar-refractivity contribution in [2.24, 2.45) is 5.18 Å². The maximum atomic E-state index is 12.6. The Morgan fingerprint density at radius 2 is 1.17 bits per heavy atom. The number of hydrazine groups is 1. The van der Waals surface area contributed by atoms with Crippen molar-refractivity contribution in [2.75, 3.05) is 0 Å². The van der Waals surface area contributed by atoms with Crippen LogP contribution >= 0.6 is 0 Å². The third kappa shape index (κ3) is 3.48. The lowest BCUT2D eigenvalue weighted by Gasteiger charge is -2.20. The van der Waals surface area contributed by atoms with Crippen molar-refractivity contribution >= 4 is 26.1 Å². The van der Waals surface area contributed by atoms with Crippen molar-refractivity contribution in [2.45, 2.75) is 9.79 Å². The van der Waals surface area contributed by atoms with Gasteiger partial charge in [0.15, 0.2) is 0 Å². The largest absolute Gasteiger partial charge is 0.394 e. The van der Waals surface area contributed by atoms with E-state index in [9.17, 15) is 26.5 Å². The van der Waals surface area contributed by atoms with Gasteiger partial charge in [0.25, 0.3) is 20.0 Å². The zero-order chi connectivity index (χ0) is 17.8. The van der Waals surface area contributed by atoms with Gasteiger partial charge >= 0.3 is 6.03 Å². The summed E-state index contributed by atoms with van der Waals surface area (Å²) in [7, 11) is -9.40. The molecule has 0 aliphatic rings. The maximum absolute atomic E-state index is 12.6. The van der Waals surface area contributed by atoms with Crippen LogP contribution in [0, 0.1) is 4.91 Å². The second-order valence-corrected chi connectivity index (χ2v) is 8.15. The first-order valence-electron chi connectivity index (χ1n) is 6.35. The SMILES string of the molecule is O=NC(=O)NN(S(=O)(=O)c1ccccc1)S(=O)(=O)c1ccccc1. The van der Waals surface area contributed by atoms with E-state index in [1.54, 1.807) is 0 Å². The van der Waals surface area contributed by atoms with Gasteiger partial charge < -0.3 is 0 Å². The number of benzene rings is 2. The normalized spacial score (nSPS) is 11.9. The van der Waals surface area contributed by atoms with E-state index in [4.69, 9.17) is 0 Å². The first kappa shape index (κ1) is 17.7. The van der Waals surface area contributed by atoms with Gasteiger partial charge in [0, 0.05) is 9.00 Å². The molecular weight excluding hydrogens is 358 g/mol. The van der Waals surface area contributed by atoms with Crippen molar-refractivity contribution in [1.82, 2.24) is 9.25 Å². The van der Waals surface area contributed by atoms with Crippen LogP contribution in [0.4, 0.5) is 4.79 Å². The van der Waals surface area contributed by atoms with E-state index in [1.165, 1.54) is 41.8 Å². The van der Waals surface area contributed by atoms with Crippen LogP contribution in [0.15, 0.2) is 75.6 Å². The summed E-state index contributed by atoms with van der Waals surface area (Å²) < 4.78 is 50.1. The molecule has 0 saturated carbocycles. The molecular formula is C13H11N3O6S2. The molecule has 0 atom stereocenters. The molecule has 0 bridgehead atoms. The van der Waals surface area contributed by atoms with E-state index in [2.05, 4.69) is 0 Å². The molecule has 126 valence electrons. The molecule has 9 nitrogen and oxygen atoms in total. The van der Waals surface area contributed by atoms with Crippen molar-refractivity contribution in [3.8, 4) is 0 Å². The molecule has 2 amide bonds. The second-order valence-electron chi connectivity index (χ2n) is 4.34. The minimum Gasteiger partial charge on any atom is -0.241 e. The molecule has 0 aliphatic carbocycles. The molecule has 0 aromatic heterocycles. The molecule has 0 heterocycles. The monoisotopic (exact) mass is 369 g/mol. The van der Waals surface area contributed by atoms with E-state index < -0.39 is 35.9 Å². The summed E-state index contributed by atoms with van der Waals surface area (Å²) in [4.78, 5) is 20.7. The third-order valence-corrected chi connectivity index (χ3v) is 6.76. The van der Waals surface area contributed by atoms with Crippen molar-refractivity contribution in [1.29, 1.82) is 0 Å². The molecule has 0 unspecified atom stereocenters. The number of carbonyl (C=O) groups is 1. The molecule has 24 heavy (non-hydrogen) atoms. The molecule has 0 aliphatic heterocycles. The number of nitroso groups, excluding NO2 is 1. The van der Waals surface area contributed by atoms with Gasteiger partial charge in [-0.05, 0) is 24.3 Å². The number of nitrogens with one attached hydrogen (secondary N) is 1. The third-order valence-electron chi connectivity index (χ3n) is 2.79. The van der Waals surface area contributed by atoms with E-state index in [1.807, 2.05) is 5.18 Å². The van der Waals surface area contributed by atoms with Crippen LogP contribution < -0.4 is 5.43 Å². The number of carbonyl (C=O) groups excluding carboxylic acids is 1. The first-order chi connectivity index (χ1) is 11.3. The Hall–Kier alpha value is -2.63. The summed E-state index contributed by atoms with van der Waals surface area (Å²) in [5.41, 5.74) is 1.48. The molecule has 2 aromatic rings. The van der Waals surface area contributed by atoms with Crippen molar-refractivity contribution < 1.29 is 21.6 Å². The lowest BCUT2D eigenvalue weighted by molar-refractivity contribution is 0.240. The Labute approximate surface area is 138 Å². The zero-order valence-corrected chi connectivity index (χ0v) is 13.6. The van der Waals surface area contributed by atoms with Crippen LogP contribution in [-0.2, 0) is 20.0 Å². The van der Waals surface area contributed by atoms with Crippen LogP contribution in [0.2, 0.25) is 0 Å². The second kappa shape index (κ2) is 6.86. The predicted molar refractivity (Wildman–Crippen MR) is 83.4 cm³/mol. The summed E-state index contributed by atoms with van der Waals surface area (Å²) in [6.45, 7) is 0. The number of urea groups is 1. The van der Waals surface area contributed by atoms with Crippen LogP contribution in [0.1, 0.15) is 0 Å².